The molecule has 0 radical (unpaired) electrons. The predicted molar refractivity (Wildman–Crippen MR) is 78.3 cm³/mol. The number of rotatable bonds is 4. The van der Waals surface area contributed by atoms with Crippen LogP contribution in [-0.2, 0) is 9.59 Å². The Hall–Kier alpha value is -1.31. The van der Waals surface area contributed by atoms with Gasteiger partial charge in [-0.3, -0.25) is 14.5 Å². The van der Waals surface area contributed by atoms with Crippen molar-refractivity contribution in [3.05, 3.63) is 0 Å². The summed E-state index contributed by atoms with van der Waals surface area (Å²) in [6.45, 7) is 1.41. The number of nitrogens with two attached hydrogens (primary N) is 1. The lowest BCUT2D eigenvalue weighted by atomic mass is 9.80. The molecule has 0 bridgehead atoms. The lowest BCUT2D eigenvalue weighted by Gasteiger charge is -2.34. The summed E-state index contributed by atoms with van der Waals surface area (Å²) in [5.74, 6) is -2.64. The molecule has 0 spiro atoms. The number of halogens is 3. The van der Waals surface area contributed by atoms with Gasteiger partial charge in [0.25, 0.3) is 0 Å². The average molecular weight is 335 g/mol. The zero-order valence-corrected chi connectivity index (χ0v) is 13.1. The summed E-state index contributed by atoms with van der Waals surface area (Å²) in [7, 11) is 0. The molecular formula is C15H24F3N3O2. The first-order valence-electron chi connectivity index (χ1n) is 8.13. The van der Waals surface area contributed by atoms with Crippen molar-refractivity contribution in [3.63, 3.8) is 0 Å². The first kappa shape index (κ1) is 18.0. The zero-order valence-electron chi connectivity index (χ0n) is 13.1. The SMILES string of the molecule is NC(=O)CN1CCC[C@H](NC(=O)[C@@H]2CCC[C@H](C(F)(F)F)C2)C1. The summed E-state index contributed by atoms with van der Waals surface area (Å²) < 4.78 is 38.5. The van der Waals surface area contributed by atoms with E-state index >= 15 is 0 Å². The second-order valence-corrected chi connectivity index (χ2v) is 6.65. The Morgan fingerprint density at radius 3 is 2.57 bits per heavy atom. The Morgan fingerprint density at radius 2 is 1.91 bits per heavy atom. The topological polar surface area (TPSA) is 75.4 Å². The van der Waals surface area contributed by atoms with Crippen molar-refractivity contribution in [1.29, 1.82) is 0 Å². The number of hydrogen-bond acceptors (Lipinski definition) is 3. The van der Waals surface area contributed by atoms with Gasteiger partial charge < -0.3 is 11.1 Å². The highest BCUT2D eigenvalue weighted by Crippen LogP contribution is 2.40. The van der Waals surface area contributed by atoms with Gasteiger partial charge in [-0.1, -0.05) is 6.42 Å². The van der Waals surface area contributed by atoms with Crippen LogP contribution < -0.4 is 11.1 Å². The Kier molecular flexibility index (Phi) is 5.89. The molecule has 8 heteroatoms. The van der Waals surface area contributed by atoms with Crippen LogP contribution in [0.1, 0.15) is 38.5 Å². The van der Waals surface area contributed by atoms with E-state index < -0.39 is 23.9 Å². The molecule has 0 aromatic carbocycles. The first-order chi connectivity index (χ1) is 10.8. The number of nitrogens with zero attached hydrogens (tertiary/aromatic N) is 1. The van der Waals surface area contributed by atoms with E-state index in [-0.39, 0.29) is 31.3 Å². The van der Waals surface area contributed by atoms with Crippen LogP contribution in [-0.4, -0.2) is 48.6 Å². The number of piperidine rings is 1. The van der Waals surface area contributed by atoms with Crippen molar-refractivity contribution in [3.8, 4) is 0 Å². The quantitative estimate of drug-likeness (QED) is 0.816. The van der Waals surface area contributed by atoms with Crippen LogP contribution in [0.2, 0.25) is 0 Å². The predicted octanol–water partition coefficient (Wildman–Crippen LogP) is 1.42. The minimum absolute atomic E-state index is 0.114. The van der Waals surface area contributed by atoms with Crippen molar-refractivity contribution >= 4 is 11.8 Å². The van der Waals surface area contributed by atoms with E-state index in [0.717, 1.165) is 19.4 Å². The van der Waals surface area contributed by atoms with Gasteiger partial charge >= 0.3 is 6.18 Å². The van der Waals surface area contributed by atoms with E-state index in [1.54, 1.807) is 0 Å². The normalized spacial score (nSPS) is 30.0. The molecular weight excluding hydrogens is 311 g/mol. The lowest BCUT2D eigenvalue weighted by molar-refractivity contribution is -0.186. The molecule has 3 N–H and O–H groups in total. The molecule has 1 aliphatic carbocycles. The molecule has 2 fully saturated rings. The molecule has 0 unspecified atom stereocenters. The van der Waals surface area contributed by atoms with Gasteiger partial charge in [0, 0.05) is 18.5 Å². The van der Waals surface area contributed by atoms with Gasteiger partial charge in [0.1, 0.15) is 0 Å². The van der Waals surface area contributed by atoms with Crippen molar-refractivity contribution in [1.82, 2.24) is 10.2 Å². The fraction of sp³-hybridized carbons (Fsp3) is 0.867. The molecule has 2 rings (SSSR count). The fourth-order valence-electron chi connectivity index (χ4n) is 3.58. The lowest BCUT2D eigenvalue weighted by Crippen LogP contribution is -2.51. The third-order valence-electron chi connectivity index (χ3n) is 4.74. The number of primary amides is 1. The summed E-state index contributed by atoms with van der Waals surface area (Å²) in [4.78, 5) is 25.1. The molecule has 5 nitrogen and oxygen atoms in total. The molecule has 1 saturated heterocycles. The van der Waals surface area contributed by atoms with Crippen LogP contribution >= 0.6 is 0 Å². The Balaban J connectivity index is 1.85. The van der Waals surface area contributed by atoms with Crippen molar-refractivity contribution < 1.29 is 22.8 Å². The highest BCUT2D eigenvalue weighted by molar-refractivity contribution is 5.79. The number of likely N-dealkylation sites (tertiary alicyclic amines) is 1. The van der Waals surface area contributed by atoms with Gasteiger partial charge in [0.2, 0.25) is 11.8 Å². The van der Waals surface area contributed by atoms with Crippen molar-refractivity contribution in [2.75, 3.05) is 19.6 Å². The maximum Gasteiger partial charge on any atom is 0.391 e. The highest BCUT2D eigenvalue weighted by atomic mass is 19.4. The van der Waals surface area contributed by atoms with E-state index in [0.29, 0.717) is 19.4 Å². The van der Waals surface area contributed by atoms with Gasteiger partial charge in [-0.15, -0.1) is 0 Å². The molecule has 1 saturated carbocycles. The van der Waals surface area contributed by atoms with Gasteiger partial charge in [-0.2, -0.15) is 13.2 Å². The molecule has 1 heterocycles. The van der Waals surface area contributed by atoms with E-state index in [1.165, 1.54) is 0 Å². The third-order valence-corrected chi connectivity index (χ3v) is 4.74. The molecule has 132 valence electrons. The fourth-order valence-corrected chi connectivity index (χ4v) is 3.58. The number of carbonyl (C=O) groups excluding carboxylic acids is 2. The summed E-state index contributed by atoms with van der Waals surface area (Å²) in [5, 5.41) is 2.86. The van der Waals surface area contributed by atoms with E-state index in [2.05, 4.69) is 5.32 Å². The monoisotopic (exact) mass is 335 g/mol. The molecule has 0 aromatic heterocycles. The maximum atomic E-state index is 12.8. The molecule has 2 aliphatic rings. The summed E-state index contributed by atoms with van der Waals surface area (Å²) in [5.41, 5.74) is 5.17. The van der Waals surface area contributed by atoms with Gasteiger partial charge in [-0.25, -0.2) is 0 Å². The van der Waals surface area contributed by atoms with Crippen molar-refractivity contribution in [2.24, 2.45) is 17.6 Å². The van der Waals surface area contributed by atoms with Crippen LogP contribution in [0.25, 0.3) is 0 Å². The third kappa shape index (κ3) is 5.37. The zero-order chi connectivity index (χ0) is 17.0. The molecule has 0 aromatic rings. The Bertz CT molecular complexity index is 442. The highest BCUT2D eigenvalue weighted by Gasteiger charge is 2.43. The van der Waals surface area contributed by atoms with Gasteiger partial charge in [0.05, 0.1) is 12.5 Å². The summed E-state index contributed by atoms with van der Waals surface area (Å²) >= 11 is 0. The van der Waals surface area contributed by atoms with E-state index in [4.69, 9.17) is 5.73 Å². The van der Waals surface area contributed by atoms with Crippen LogP contribution in [0, 0.1) is 11.8 Å². The van der Waals surface area contributed by atoms with Crippen LogP contribution in [0.3, 0.4) is 0 Å². The van der Waals surface area contributed by atoms with Gasteiger partial charge in [0.15, 0.2) is 0 Å². The average Bonchev–Trinajstić information content (AvgIpc) is 2.46. The number of alkyl halides is 3. The number of nitrogens with one attached hydrogen (secondary N) is 1. The van der Waals surface area contributed by atoms with Crippen molar-refractivity contribution in [2.45, 2.75) is 50.7 Å². The summed E-state index contributed by atoms with van der Waals surface area (Å²) in [6.07, 6.45) is -1.68. The Labute approximate surface area is 133 Å². The van der Waals surface area contributed by atoms with Crippen LogP contribution in [0.5, 0.6) is 0 Å². The van der Waals surface area contributed by atoms with Crippen LogP contribution in [0.15, 0.2) is 0 Å². The molecule has 1 aliphatic heterocycles. The second kappa shape index (κ2) is 7.51. The van der Waals surface area contributed by atoms with Crippen LogP contribution in [0.4, 0.5) is 13.2 Å². The largest absolute Gasteiger partial charge is 0.391 e. The molecule has 3 atom stereocenters. The molecule has 2 amide bonds. The number of hydrogen-bond donors (Lipinski definition) is 2. The first-order valence-corrected chi connectivity index (χ1v) is 8.13. The Morgan fingerprint density at radius 1 is 1.17 bits per heavy atom. The second-order valence-electron chi connectivity index (χ2n) is 6.65. The minimum Gasteiger partial charge on any atom is -0.369 e. The standard InChI is InChI=1S/C15H24F3N3O2/c16-15(17,18)11-4-1-3-10(7-11)14(23)20-12-5-2-6-21(8-12)9-13(19)22/h10-12H,1-9H2,(H2,19,22)(H,20,23)/t10-,11+,12+/m1/s1. The smallest absolute Gasteiger partial charge is 0.369 e. The molecule has 23 heavy (non-hydrogen) atoms. The maximum absolute atomic E-state index is 12.8. The number of amides is 2. The van der Waals surface area contributed by atoms with E-state index in [1.807, 2.05) is 4.90 Å². The minimum atomic E-state index is -4.22. The number of carbonyl (C=O) groups is 2. The summed E-state index contributed by atoms with van der Waals surface area (Å²) in [6, 6.07) is -0.123. The van der Waals surface area contributed by atoms with E-state index in [9.17, 15) is 22.8 Å². The van der Waals surface area contributed by atoms with Gasteiger partial charge in [-0.05, 0) is 38.6 Å².